The fourth-order valence-corrected chi connectivity index (χ4v) is 1.50. The molecule has 0 bridgehead atoms. The highest BCUT2D eigenvalue weighted by Crippen LogP contribution is 2.21. The first-order valence-electron chi connectivity index (χ1n) is 4.57. The van der Waals surface area contributed by atoms with E-state index in [-0.39, 0.29) is 0 Å². The molecule has 0 atom stereocenters. The smallest absolute Gasteiger partial charge is 0.0924 e. The average molecular weight is 188 g/mol. The Labute approximate surface area is 82.4 Å². The molecule has 0 radical (unpaired) electrons. The van der Waals surface area contributed by atoms with Crippen LogP contribution in [0.25, 0.3) is 5.69 Å². The third-order valence-corrected chi connectivity index (χ3v) is 2.18. The number of nitrogens with zero attached hydrogens (tertiary/aromatic N) is 3. The molecular weight excluding hydrogens is 176 g/mol. The minimum absolute atomic E-state index is 0.731. The van der Waals surface area contributed by atoms with Crippen molar-refractivity contribution in [2.24, 2.45) is 0 Å². The molecule has 1 heterocycles. The number of rotatable bonds is 2. The van der Waals surface area contributed by atoms with Crippen LogP contribution in [0.3, 0.4) is 0 Å². The van der Waals surface area contributed by atoms with Crippen molar-refractivity contribution < 1.29 is 0 Å². The van der Waals surface area contributed by atoms with Gasteiger partial charge in [0.25, 0.3) is 0 Å². The van der Waals surface area contributed by atoms with Crippen LogP contribution >= 0.6 is 0 Å². The Morgan fingerprint density at radius 1 is 1.43 bits per heavy atom. The lowest BCUT2D eigenvalue weighted by atomic mass is 10.1. The number of aryl methyl sites for hydroxylation is 1. The molecule has 2 N–H and O–H groups in total. The van der Waals surface area contributed by atoms with Gasteiger partial charge in [-0.3, -0.25) is 0 Å². The van der Waals surface area contributed by atoms with Crippen LogP contribution in [0.5, 0.6) is 0 Å². The zero-order valence-electron chi connectivity index (χ0n) is 8.01. The number of benzene rings is 1. The van der Waals surface area contributed by atoms with Crippen LogP contribution in [0, 0.1) is 0 Å². The normalized spacial score (nSPS) is 10.4. The molecule has 2 aromatic rings. The molecule has 14 heavy (non-hydrogen) atoms. The lowest BCUT2D eigenvalue weighted by molar-refractivity contribution is 0.795. The third-order valence-electron chi connectivity index (χ3n) is 2.18. The van der Waals surface area contributed by atoms with Gasteiger partial charge in [-0.25, -0.2) is 4.68 Å². The number of aromatic nitrogens is 3. The van der Waals surface area contributed by atoms with Crippen LogP contribution in [0.4, 0.5) is 5.69 Å². The van der Waals surface area contributed by atoms with Crippen molar-refractivity contribution in [3.63, 3.8) is 0 Å². The highest BCUT2D eigenvalue weighted by atomic mass is 15.4. The number of anilines is 1. The van der Waals surface area contributed by atoms with Gasteiger partial charge in [-0.1, -0.05) is 24.3 Å². The summed E-state index contributed by atoms with van der Waals surface area (Å²) in [5.74, 6) is 0. The molecule has 1 aromatic carbocycles. The topological polar surface area (TPSA) is 56.7 Å². The predicted molar refractivity (Wildman–Crippen MR) is 55.1 cm³/mol. The van der Waals surface area contributed by atoms with Gasteiger partial charge in [0.2, 0.25) is 0 Å². The molecule has 0 unspecified atom stereocenters. The lowest BCUT2D eigenvalue weighted by Crippen LogP contribution is -2.04. The fraction of sp³-hybridized carbons (Fsp3) is 0.200. The molecule has 1 aromatic heterocycles. The van der Waals surface area contributed by atoms with E-state index < -0.39 is 0 Å². The second-order valence-electron chi connectivity index (χ2n) is 3.06. The van der Waals surface area contributed by atoms with E-state index in [1.807, 2.05) is 18.2 Å². The van der Waals surface area contributed by atoms with Gasteiger partial charge in [-0.15, -0.1) is 5.10 Å². The van der Waals surface area contributed by atoms with E-state index in [1.54, 1.807) is 17.1 Å². The minimum Gasteiger partial charge on any atom is -0.397 e. The first-order valence-corrected chi connectivity index (χ1v) is 4.57. The molecule has 0 spiro atoms. The number of hydrogen-bond acceptors (Lipinski definition) is 3. The summed E-state index contributed by atoms with van der Waals surface area (Å²) >= 11 is 0. The van der Waals surface area contributed by atoms with Crippen LogP contribution in [0.15, 0.2) is 30.6 Å². The van der Waals surface area contributed by atoms with E-state index >= 15 is 0 Å². The van der Waals surface area contributed by atoms with Crippen LogP contribution < -0.4 is 5.73 Å². The van der Waals surface area contributed by atoms with Crippen LogP contribution in [-0.2, 0) is 6.42 Å². The first-order chi connectivity index (χ1) is 6.83. The summed E-state index contributed by atoms with van der Waals surface area (Å²) in [4.78, 5) is 0. The van der Waals surface area contributed by atoms with E-state index in [4.69, 9.17) is 5.73 Å². The van der Waals surface area contributed by atoms with Crippen molar-refractivity contribution in [3.8, 4) is 5.69 Å². The van der Waals surface area contributed by atoms with Gasteiger partial charge in [0.05, 0.1) is 23.8 Å². The monoisotopic (exact) mass is 188 g/mol. The Hall–Kier alpha value is -1.84. The molecule has 0 amide bonds. The van der Waals surface area contributed by atoms with E-state index in [1.165, 1.54) is 5.56 Å². The summed E-state index contributed by atoms with van der Waals surface area (Å²) in [6.07, 6.45) is 4.37. The number of para-hydroxylation sites is 1. The van der Waals surface area contributed by atoms with E-state index in [0.29, 0.717) is 0 Å². The second kappa shape index (κ2) is 3.49. The molecule has 2 rings (SSSR count). The third kappa shape index (κ3) is 1.35. The Morgan fingerprint density at radius 2 is 2.29 bits per heavy atom. The molecule has 4 heteroatoms. The van der Waals surface area contributed by atoms with Gasteiger partial charge in [0, 0.05) is 0 Å². The van der Waals surface area contributed by atoms with Crippen LogP contribution in [0.1, 0.15) is 12.5 Å². The highest BCUT2D eigenvalue weighted by molar-refractivity contribution is 5.61. The van der Waals surface area contributed by atoms with Gasteiger partial charge in [-0.05, 0) is 18.1 Å². The van der Waals surface area contributed by atoms with E-state index in [2.05, 4.69) is 17.2 Å². The Kier molecular flexibility index (Phi) is 2.18. The molecule has 72 valence electrons. The minimum atomic E-state index is 0.731. The molecule has 0 aliphatic heterocycles. The molecule has 0 saturated heterocycles. The molecule has 0 aliphatic rings. The van der Waals surface area contributed by atoms with Crippen LogP contribution in [0.2, 0.25) is 0 Å². The average Bonchev–Trinajstić information content (AvgIpc) is 2.70. The van der Waals surface area contributed by atoms with Crippen LogP contribution in [-0.4, -0.2) is 15.0 Å². The van der Waals surface area contributed by atoms with Gasteiger partial charge >= 0.3 is 0 Å². The van der Waals surface area contributed by atoms with Crippen molar-refractivity contribution in [2.45, 2.75) is 13.3 Å². The molecule has 0 saturated carbocycles. The SMILES string of the molecule is CCc1cccc(N)c1-n1ccnn1. The summed E-state index contributed by atoms with van der Waals surface area (Å²) in [5, 5.41) is 7.72. The maximum Gasteiger partial charge on any atom is 0.0924 e. The molecular formula is C10H12N4. The Bertz CT molecular complexity index is 420. The maximum absolute atomic E-state index is 5.90. The van der Waals surface area contributed by atoms with Gasteiger partial charge < -0.3 is 5.73 Å². The first kappa shape index (κ1) is 8.74. The number of hydrogen-bond donors (Lipinski definition) is 1. The summed E-state index contributed by atoms with van der Waals surface area (Å²) in [6, 6.07) is 5.87. The fourth-order valence-electron chi connectivity index (χ4n) is 1.50. The zero-order chi connectivity index (χ0) is 9.97. The van der Waals surface area contributed by atoms with Crippen molar-refractivity contribution >= 4 is 5.69 Å². The summed E-state index contributed by atoms with van der Waals surface area (Å²) in [6.45, 7) is 2.09. The number of nitrogens with two attached hydrogens (primary N) is 1. The standard InChI is InChI=1S/C10H12N4/c1-2-8-4-3-5-9(11)10(8)14-7-6-12-13-14/h3-7H,2,11H2,1H3. The van der Waals surface area contributed by atoms with Crippen molar-refractivity contribution in [1.29, 1.82) is 0 Å². The lowest BCUT2D eigenvalue weighted by Gasteiger charge is -2.09. The largest absolute Gasteiger partial charge is 0.397 e. The summed E-state index contributed by atoms with van der Waals surface area (Å²) < 4.78 is 1.70. The highest BCUT2D eigenvalue weighted by Gasteiger charge is 2.06. The van der Waals surface area contributed by atoms with Gasteiger partial charge in [0.15, 0.2) is 0 Å². The molecule has 0 fully saturated rings. The predicted octanol–water partition coefficient (Wildman–Crippen LogP) is 1.41. The Morgan fingerprint density at radius 3 is 2.93 bits per heavy atom. The summed E-state index contributed by atoms with van der Waals surface area (Å²) in [7, 11) is 0. The van der Waals surface area contributed by atoms with Crippen molar-refractivity contribution in [3.05, 3.63) is 36.2 Å². The summed E-state index contributed by atoms with van der Waals surface area (Å²) in [5.41, 5.74) is 8.74. The van der Waals surface area contributed by atoms with Crippen molar-refractivity contribution in [2.75, 3.05) is 5.73 Å². The number of nitrogen functional groups attached to an aromatic ring is 1. The van der Waals surface area contributed by atoms with Gasteiger partial charge in [0.1, 0.15) is 0 Å². The quantitative estimate of drug-likeness (QED) is 0.725. The maximum atomic E-state index is 5.90. The second-order valence-corrected chi connectivity index (χ2v) is 3.06. The van der Waals surface area contributed by atoms with Crippen molar-refractivity contribution in [1.82, 2.24) is 15.0 Å². The molecule has 0 aliphatic carbocycles. The van der Waals surface area contributed by atoms with E-state index in [0.717, 1.165) is 17.8 Å². The van der Waals surface area contributed by atoms with E-state index in [9.17, 15) is 0 Å². The van der Waals surface area contributed by atoms with Gasteiger partial charge in [-0.2, -0.15) is 0 Å². The Balaban J connectivity index is 2.61. The molecule has 4 nitrogen and oxygen atoms in total. The zero-order valence-corrected chi connectivity index (χ0v) is 8.01.